The van der Waals surface area contributed by atoms with Crippen LogP contribution in [0.25, 0.3) is 21.9 Å². The van der Waals surface area contributed by atoms with Crippen LogP contribution in [-0.4, -0.2) is 12.6 Å². The molecule has 0 atom stereocenters. The quantitative estimate of drug-likeness (QED) is 0.782. The summed E-state index contributed by atoms with van der Waals surface area (Å²) in [4.78, 5) is 0. The average Bonchev–Trinajstić information content (AvgIpc) is 2.88. The fourth-order valence-electron chi connectivity index (χ4n) is 2.76. The second-order valence-electron chi connectivity index (χ2n) is 5.38. The van der Waals surface area contributed by atoms with Crippen molar-refractivity contribution in [3.63, 3.8) is 0 Å². The highest BCUT2D eigenvalue weighted by molar-refractivity contribution is 6.04. The molecule has 0 radical (unpaired) electrons. The van der Waals surface area contributed by atoms with Gasteiger partial charge in [0.2, 0.25) is 0 Å². The maximum atomic E-state index is 6.27. The SMILES string of the molecule is COc1c2ccoc2c(CC2(N)CC2)c2ccoc12. The van der Waals surface area contributed by atoms with E-state index in [0.717, 1.165) is 52.5 Å². The molecule has 0 spiro atoms. The number of fused-ring (bicyclic) bond motifs is 2. The Morgan fingerprint density at radius 1 is 1.16 bits per heavy atom. The molecule has 0 unspecified atom stereocenters. The zero-order valence-corrected chi connectivity index (χ0v) is 10.7. The highest BCUT2D eigenvalue weighted by Gasteiger charge is 2.39. The van der Waals surface area contributed by atoms with Gasteiger partial charge in [0.05, 0.1) is 25.0 Å². The molecule has 1 aliphatic rings. The molecular weight excluding hydrogens is 242 g/mol. The largest absolute Gasteiger partial charge is 0.492 e. The number of methoxy groups -OCH3 is 1. The van der Waals surface area contributed by atoms with Crippen molar-refractivity contribution in [2.24, 2.45) is 5.73 Å². The van der Waals surface area contributed by atoms with Gasteiger partial charge in [-0.1, -0.05) is 0 Å². The van der Waals surface area contributed by atoms with E-state index in [1.807, 2.05) is 12.1 Å². The van der Waals surface area contributed by atoms with Gasteiger partial charge in [-0.05, 0) is 31.4 Å². The first kappa shape index (κ1) is 10.9. The van der Waals surface area contributed by atoms with Crippen LogP contribution in [-0.2, 0) is 6.42 Å². The van der Waals surface area contributed by atoms with Crippen LogP contribution in [0.2, 0.25) is 0 Å². The molecule has 0 aliphatic heterocycles. The number of hydrogen-bond acceptors (Lipinski definition) is 4. The highest BCUT2D eigenvalue weighted by atomic mass is 16.5. The van der Waals surface area contributed by atoms with Crippen LogP contribution in [0.15, 0.2) is 33.5 Å². The molecule has 98 valence electrons. The predicted molar refractivity (Wildman–Crippen MR) is 72.4 cm³/mol. The van der Waals surface area contributed by atoms with Gasteiger partial charge in [-0.2, -0.15) is 0 Å². The molecule has 2 N–H and O–H groups in total. The van der Waals surface area contributed by atoms with Crippen molar-refractivity contribution in [1.29, 1.82) is 0 Å². The van der Waals surface area contributed by atoms with Gasteiger partial charge in [0, 0.05) is 16.5 Å². The zero-order chi connectivity index (χ0) is 13.0. The molecule has 2 aromatic heterocycles. The van der Waals surface area contributed by atoms with Gasteiger partial charge in [0.25, 0.3) is 0 Å². The Morgan fingerprint density at radius 3 is 2.53 bits per heavy atom. The van der Waals surface area contributed by atoms with Crippen molar-refractivity contribution in [3.05, 3.63) is 30.2 Å². The second kappa shape index (κ2) is 3.54. The Bertz CT molecular complexity index is 712. The van der Waals surface area contributed by atoms with E-state index in [2.05, 4.69) is 0 Å². The molecule has 1 aliphatic carbocycles. The van der Waals surface area contributed by atoms with Crippen LogP contribution in [0, 0.1) is 0 Å². The third-order valence-electron chi connectivity index (χ3n) is 4.01. The zero-order valence-electron chi connectivity index (χ0n) is 10.7. The molecule has 1 aromatic carbocycles. The smallest absolute Gasteiger partial charge is 0.176 e. The summed E-state index contributed by atoms with van der Waals surface area (Å²) < 4.78 is 16.7. The summed E-state index contributed by atoms with van der Waals surface area (Å²) in [6.45, 7) is 0. The Hall–Kier alpha value is -1.94. The summed E-state index contributed by atoms with van der Waals surface area (Å²) in [5, 5.41) is 1.99. The summed E-state index contributed by atoms with van der Waals surface area (Å²) in [5.74, 6) is 0.731. The summed E-state index contributed by atoms with van der Waals surface area (Å²) >= 11 is 0. The molecule has 1 saturated carbocycles. The maximum Gasteiger partial charge on any atom is 0.176 e. The number of furan rings is 2. The van der Waals surface area contributed by atoms with E-state index in [9.17, 15) is 0 Å². The normalized spacial score (nSPS) is 17.2. The number of hydrogen-bond donors (Lipinski definition) is 1. The van der Waals surface area contributed by atoms with Crippen LogP contribution >= 0.6 is 0 Å². The molecule has 4 rings (SSSR count). The molecule has 0 saturated heterocycles. The van der Waals surface area contributed by atoms with E-state index in [4.69, 9.17) is 19.3 Å². The lowest BCUT2D eigenvalue weighted by Gasteiger charge is -2.12. The second-order valence-corrected chi connectivity index (χ2v) is 5.38. The fraction of sp³-hybridized carbons (Fsp3) is 0.333. The Labute approximate surface area is 110 Å². The van der Waals surface area contributed by atoms with Crippen molar-refractivity contribution in [1.82, 2.24) is 0 Å². The lowest BCUT2D eigenvalue weighted by molar-refractivity contribution is 0.415. The summed E-state index contributed by atoms with van der Waals surface area (Å²) in [6.07, 6.45) is 6.33. The van der Waals surface area contributed by atoms with Crippen LogP contribution < -0.4 is 10.5 Å². The van der Waals surface area contributed by atoms with Crippen LogP contribution in [0.4, 0.5) is 0 Å². The topological polar surface area (TPSA) is 61.5 Å². The van der Waals surface area contributed by atoms with E-state index in [0.29, 0.717) is 0 Å². The third-order valence-corrected chi connectivity index (χ3v) is 4.01. The van der Waals surface area contributed by atoms with E-state index in [-0.39, 0.29) is 5.54 Å². The van der Waals surface area contributed by atoms with Gasteiger partial charge in [-0.15, -0.1) is 0 Å². The molecule has 3 aromatic rings. The number of nitrogens with two attached hydrogens (primary N) is 1. The number of benzene rings is 1. The van der Waals surface area contributed by atoms with E-state index in [1.54, 1.807) is 19.6 Å². The number of rotatable bonds is 3. The van der Waals surface area contributed by atoms with Crippen molar-refractivity contribution < 1.29 is 13.6 Å². The Balaban J connectivity index is 2.07. The van der Waals surface area contributed by atoms with E-state index >= 15 is 0 Å². The monoisotopic (exact) mass is 257 g/mol. The van der Waals surface area contributed by atoms with Gasteiger partial charge >= 0.3 is 0 Å². The van der Waals surface area contributed by atoms with Gasteiger partial charge in [0.15, 0.2) is 11.3 Å². The Kier molecular flexibility index (Phi) is 2.04. The fourth-order valence-corrected chi connectivity index (χ4v) is 2.76. The standard InChI is InChI=1S/C15H15NO3/c1-17-13-10-3-7-18-12(10)11(8-15(16)4-5-15)9-2-6-19-14(9)13/h2-3,6-7H,4-5,8,16H2,1H3. The van der Waals surface area contributed by atoms with Crippen molar-refractivity contribution in [3.8, 4) is 5.75 Å². The molecular formula is C15H15NO3. The third kappa shape index (κ3) is 1.50. The lowest BCUT2D eigenvalue weighted by atomic mass is 9.98. The van der Waals surface area contributed by atoms with Crippen LogP contribution in [0.1, 0.15) is 18.4 Å². The maximum absolute atomic E-state index is 6.27. The van der Waals surface area contributed by atoms with Gasteiger partial charge in [0.1, 0.15) is 5.58 Å². The average molecular weight is 257 g/mol. The van der Waals surface area contributed by atoms with Crippen molar-refractivity contribution >= 4 is 21.9 Å². The molecule has 4 nitrogen and oxygen atoms in total. The van der Waals surface area contributed by atoms with Gasteiger partial charge in [-0.3, -0.25) is 0 Å². The molecule has 2 heterocycles. The minimum Gasteiger partial charge on any atom is -0.492 e. The van der Waals surface area contributed by atoms with E-state index in [1.165, 1.54) is 0 Å². The minimum absolute atomic E-state index is 0.0709. The van der Waals surface area contributed by atoms with Gasteiger partial charge in [-0.25, -0.2) is 0 Å². The van der Waals surface area contributed by atoms with E-state index < -0.39 is 0 Å². The molecule has 0 amide bonds. The first-order chi connectivity index (χ1) is 9.22. The first-order valence-electron chi connectivity index (χ1n) is 6.44. The van der Waals surface area contributed by atoms with Crippen molar-refractivity contribution in [2.45, 2.75) is 24.8 Å². The number of ether oxygens (including phenoxy) is 1. The summed E-state index contributed by atoms with van der Waals surface area (Å²) in [5.41, 5.74) is 8.96. The molecule has 1 fully saturated rings. The van der Waals surface area contributed by atoms with Crippen molar-refractivity contribution in [2.75, 3.05) is 7.11 Å². The summed E-state index contributed by atoms with van der Waals surface area (Å²) in [7, 11) is 1.65. The first-order valence-corrected chi connectivity index (χ1v) is 6.44. The molecule has 0 bridgehead atoms. The van der Waals surface area contributed by atoms with Crippen LogP contribution in [0.3, 0.4) is 0 Å². The lowest BCUT2D eigenvalue weighted by Crippen LogP contribution is -2.24. The Morgan fingerprint density at radius 2 is 1.84 bits per heavy atom. The van der Waals surface area contributed by atoms with Gasteiger partial charge < -0.3 is 19.3 Å². The van der Waals surface area contributed by atoms with Crippen LogP contribution in [0.5, 0.6) is 5.75 Å². The molecule has 19 heavy (non-hydrogen) atoms. The summed E-state index contributed by atoms with van der Waals surface area (Å²) in [6, 6.07) is 3.87. The minimum atomic E-state index is -0.0709. The highest BCUT2D eigenvalue weighted by Crippen LogP contribution is 2.44. The predicted octanol–water partition coefficient (Wildman–Crippen LogP) is 3.22. The molecule has 4 heteroatoms.